The summed E-state index contributed by atoms with van der Waals surface area (Å²) < 4.78 is 47.3. The summed E-state index contributed by atoms with van der Waals surface area (Å²) >= 11 is 7.32. The van der Waals surface area contributed by atoms with E-state index in [0.717, 1.165) is 17.6 Å². The monoisotopic (exact) mass is 441 g/mol. The summed E-state index contributed by atoms with van der Waals surface area (Å²) in [5.74, 6) is -4.05. The van der Waals surface area contributed by atoms with E-state index in [1.54, 1.807) is 4.90 Å². The fraction of sp³-hybridized carbons (Fsp3) is 0.263. The van der Waals surface area contributed by atoms with Crippen LogP contribution in [-0.4, -0.2) is 46.5 Å². The molecular formula is C19H15ClF3N3O2S. The maximum Gasteiger partial charge on any atom is 0.219 e. The van der Waals surface area contributed by atoms with Crippen LogP contribution in [-0.2, 0) is 4.79 Å². The number of halogens is 4. The SMILES string of the molecule is CC(=O)N1CCN(c2snc3c(F)c(-c4cc(O)cc(F)c4F)c(Cl)cc23)CC1. The molecule has 0 spiro atoms. The number of phenolic OH excluding ortho intramolecular Hbond substituents is 1. The van der Waals surface area contributed by atoms with Gasteiger partial charge in [0.15, 0.2) is 17.5 Å². The number of aromatic nitrogens is 1. The number of hydrogen-bond acceptors (Lipinski definition) is 5. The molecule has 3 aromatic rings. The highest BCUT2D eigenvalue weighted by Crippen LogP contribution is 2.42. The number of phenols is 1. The van der Waals surface area contributed by atoms with Gasteiger partial charge in [-0.1, -0.05) is 11.6 Å². The second-order valence-corrected chi connectivity index (χ2v) is 7.87. The zero-order chi connectivity index (χ0) is 20.9. The lowest BCUT2D eigenvalue weighted by atomic mass is 10.0. The first-order valence-corrected chi connectivity index (χ1v) is 9.89. The predicted octanol–water partition coefficient (Wildman–Crippen LogP) is 4.41. The molecular weight excluding hydrogens is 427 g/mol. The Balaban J connectivity index is 1.78. The van der Waals surface area contributed by atoms with E-state index in [4.69, 9.17) is 11.6 Å². The van der Waals surface area contributed by atoms with Gasteiger partial charge in [-0.3, -0.25) is 4.79 Å². The number of rotatable bonds is 2. The molecule has 1 aromatic heterocycles. The lowest BCUT2D eigenvalue weighted by Gasteiger charge is -2.34. The summed E-state index contributed by atoms with van der Waals surface area (Å²) in [6, 6.07) is 2.99. The third kappa shape index (κ3) is 3.38. The zero-order valence-electron chi connectivity index (χ0n) is 15.2. The number of aromatic hydroxyl groups is 1. The fourth-order valence-corrected chi connectivity index (χ4v) is 4.66. The van der Waals surface area contributed by atoms with E-state index in [1.807, 2.05) is 4.90 Å². The van der Waals surface area contributed by atoms with E-state index in [1.165, 1.54) is 13.0 Å². The van der Waals surface area contributed by atoms with E-state index in [2.05, 4.69) is 4.37 Å². The van der Waals surface area contributed by atoms with Crippen molar-refractivity contribution in [2.45, 2.75) is 6.92 Å². The first-order chi connectivity index (χ1) is 13.8. The highest BCUT2D eigenvalue weighted by molar-refractivity contribution is 7.11. The second kappa shape index (κ2) is 7.38. The summed E-state index contributed by atoms with van der Waals surface area (Å²) in [4.78, 5) is 15.2. The van der Waals surface area contributed by atoms with Crippen molar-refractivity contribution in [3.05, 3.63) is 40.7 Å². The predicted molar refractivity (Wildman–Crippen MR) is 106 cm³/mol. The molecule has 1 saturated heterocycles. The molecule has 1 aliphatic heterocycles. The van der Waals surface area contributed by atoms with Crippen molar-refractivity contribution in [1.29, 1.82) is 0 Å². The standard InChI is InChI=1S/C19H15ClF3N3O2S/c1-9(27)25-2-4-26(5-3-25)19-12-8-13(20)15(17(23)18(12)24-29-19)11-6-10(28)7-14(21)16(11)22/h6-8,28H,2-5H2,1H3. The smallest absolute Gasteiger partial charge is 0.219 e. The summed E-state index contributed by atoms with van der Waals surface area (Å²) in [5, 5.41) is 10.6. The van der Waals surface area contributed by atoms with E-state index >= 15 is 4.39 Å². The molecule has 1 amide bonds. The third-order valence-electron chi connectivity index (χ3n) is 4.94. The van der Waals surface area contributed by atoms with Crippen molar-refractivity contribution in [2.24, 2.45) is 0 Å². The van der Waals surface area contributed by atoms with Gasteiger partial charge in [-0.25, -0.2) is 13.2 Å². The molecule has 1 aliphatic rings. The van der Waals surface area contributed by atoms with Crippen molar-refractivity contribution in [3.8, 4) is 16.9 Å². The molecule has 5 nitrogen and oxygen atoms in total. The number of piperazine rings is 1. The van der Waals surface area contributed by atoms with Gasteiger partial charge < -0.3 is 14.9 Å². The molecule has 29 heavy (non-hydrogen) atoms. The number of carbonyl (C=O) groups is 1. The van der Waals surface area contributed by atoms with Gasteiger partial charge >= 0.3 is 0 Å². The highest BCUT2D eigenvalue weighted by Gasteiger charge is 2.26. The number of nitrogens with zero attached hydrogens (tertiary/aromatic N) is 3. The molecule has 0 atom stereocenters. The van der Waals surface area contributed by atoms with Crippen LogP contribution in [0.25, 0.3) is 22.0 Å². The average molecular weight is 442 g/mol. The number of benzene rings is 2. The first kappa shape index (κ1) is 19.8. The van der Waals surface area contributed by atoms with Crippen LogP contribution >= 0.6 is 23.1 Å². The largest absolute Gasteiger partial charge is 0.508 e. The molecule has 2 heterocycles. The number of hydrogen-bond donors (Lipinski definition) is 1. The lowest BCUT2D eigenvalue weighted by Crippen LogP contribution is -2.47. The lowest BCUT2D eigenvalue weighted by molar-refractivity contribution is -0.129. The van der Waals surface area contributed by atoms with Crippen molar-refractivity contribution >= 4 is 44.9 Å². The Morgan fingerprint density at radius 1 is 1.14 bits per heavy atom. The third-order valence-corrected chi connectivity index (χ3v) is 6.16. The quantitative estimate of drug-likeness (QED) is 0.640. The maximum absolute atomic E-state index is 15.2. The van der Waals surface area contributed by atoms with Gasteiger partial charge in [0.1, 0.15) is 16.3 Å². The van der Waals surface area contributed by atoms with Crippen molar-refractivity contribution in [3.63, 3.8) is 0 Å². The van der Waals surface area contributed by atoms with E-state index in [9.17, 15) is 18.7 Å². The van der Waals surface area contributed by atoms with Crippen molar-refractivity contribution < 1.29 is 23.1 Å². The second-order valence-electron chi connectivity index (χ2n) is 6.71. The Morgan fingerprint density at radius 2 is 1.83 bits per heavy atom. The minimum atomic E-state index is -1.31. The molecule has 0 bridgehead atoms. The van der Waals surface area contributed by atoms with Crippen LogP contribution in [0.15, 0.2) is 18.2 Å². The average Bonchev–Trinajstić information content (AvgIpc) is 3.09. The Kier molecular flexibility index (Phi) is 5.04. The molecule has 1 N–H and O–H groups in total. The summed E-state index contributed by atoms with van der Waals surface area (Å²) in [6.07, 6.45) is 0. The minimum Gasteiger partial charge on any atom is -0.508 e. The Labute approximate surface area is 173 Å². The maximum atomic E-state index is 15.2. The zero-order valence-corrected chi connectivity index (χ0v) is 16.8. The number of anilines is 1. The van der Waals surface area contributed by atoms with Crippen LogP contribution in [0.5, 0.6) is 5.75 Å². The minimum absolute atomic E-state index is 0.00193. The van der Waals surface area contributed by atoms with Crippen molar-refractivity contribution in [2.75, 3.05) is 31.1 Å². The first-order valence-electron chi connectivity index (χ1n) is 8.74. The van der Waals surface area contributed by atoms with Gasteiger partial charge in [-0.2, -0.15) is 4.37 Å². The Morgan fingerprint density at radius 3 is 2.48 bits per heavy atom. The molecule has 0 radical (unpaired) electrons. The Hall–Kier alpha value is -2.52. The summed E-state index contributed by atoms with van der Waals surface area (Å²) in [5.41, 5.74) is -0.845. The van der Waals surface area contributed by atoms with E-state index in [-0.39, 0.29) is 22.0 Å². The molecule has 0 saturated carbocycles. The van der Waals surface area contributed by atoms with Crippen LogP contribution in [0.3, 0.4) is 0 Å². The van der Waals surface area contributed by atoms with E-state index in [0.29, 0.717) is 42.6 Å². The fourth-order valence-electron chi connectivity index (χ4n) is 3.46. The normalized spacial score (nSPS) is 14.7. The number of carbonyl (C=O) groups excluding carboxylic acids is 1. The van der Waals surface area contributed by atoms with Gasteiger partial charge in [0.2, 0.25) is 5.91 Å². The molecule has 10 heteroatoms. The molecule has 0 unspecified atom stereocenters. The van der Waals surface area contributed by atoms with Gasteiger partial charge in [0.25, 0.3) is 0 Å². The molecule has 4 rings (SSSR count). The van der Waals surface area contributed by atoms with Gasteiger partial charge in [-0.15, -0.1) is 0 Å². The topological polar surface area (TPSA) is 56.7 Å². The van der Waals surface area contributed by atoms with Gasteiger partial charge in [-0.05, 0) is 23.7 Å². The molecule has 152 valence electrons. The Bertz CT molecular complexity index is 1130. The van der Waals surface area contributed by atoms with Crippen molar-refractivity contribution in [1.82, 2.24) is 9.27 Å². The van der Waals surface area contributed by atoms with Crippen LogP contribution in [0.1, 0.15) is 6.92 Å². The summed E-state index contributed by atoms with van der Waals surface area (Å²) in [7, 11) is 0. The summed E-state index contributed by atoms with van der Waals surface area (Å²) in [6.45, 7) is 3.71. The molecule has 0 aliphatic carbocycles. The van der Waals surface area contributed by atoms with Gasteiger partial charge in [0.05, 0.1) is 5.02 Å². The van der Waals surface area contributed by atoms with Gasteiger partial charge in [0, 0.05) is 55.7 Å². The molecule has 2 aromatic carbocycles. The van der Waals surface area contributed by atoms with Crippen LogP contribution < -0.4 is 4.90 Å². The number of amides is 1. The van der Waals surface area contributed by atoms with Crippen LogP contribution in [0.2, 0.25) is 5.02 Å². The van der Waals surface area contributed by atoms with Crippen LogP contribution in [0.4, 0.5) is 18.2 Å². The highest BCUT2D eigenvalue weighted by atomic mass is 35.5. The number of fused-ring (bicyclic) bond motifs is 1. The molecule has 1 fully saturated rings. The van der Waals surface area contributed by atoms with Crippen LogP contribution in [0, 0.1) is 17.5 Å². The van der Waals surface area contributed by atoms with E-state index < -0.39 is 28.8 Å².